The average molecular weight is 553 g/mol. The number of hydrogen-bond donors (Lipinski definition) is 0. The van der Waals surface area contributed by atoms with E-state index in [0.29, 0.717) is 18.8 Å². The third-order valence-electron chi connectivity index (χ3n) is 8.78. The molecule has 6 aromatic carbocycles. The Hall–Kier alpha value is -5.63. The summed E-state index contributed by atoms with van der Waals surface area (Å²) in [5.41, 5.74) is 12.6. The number of furan rings is 1. The van der Waals surface area contributed by atoms with Crippen LogP contribution in [0.1, 0.15) is 16.7 Å². The van der Waals surface area contributed by atoms with Crippen LogP contribution in [-0.4, -0.2) is 4.57 Å². The van der Waals surface area contributed by atoms with E-state index in [2.05, 4.69) is 108 Å². The van der Waals surface area contributed by atoms with Crippen molar-refractivity contribution in [2.75, 3.05) is 0 Å². The second kappa shape index (κ2) is 9.19. The molecular weight excluding hydrogens is 528 g/mol. The minimum absolute atomic E-state index is 0.553. The van der Waals surface area contributed by atoms with E-state index in [9.17, 15) is 5.26 Å². The van der Waals surface area contributed by atoms with Crippen LogP contribution in [0, 0.1) is 11.3 Å². The molecule has 1 aliphatic heterocycles. The molecule has 4 heteroatoms. The molecule has 0 bridgehead atoms. The molecule has 0 radical (unpaired) electrons. The van der Waals surface area contributed by atoms with Gasteiger partial charge in [0.15, 0.2) is 0 Å². The summed E-state index contributed by atoms with van der Waals surface area (Å²) in [5.74, 6) is 0. The number of nitriles is 1. The van der Waals surface area contributed by atoms with Gasteiger partial charge in [-0.25, -0.2) is 0 Å². The zero-order valence-electron chi connectivity index (χ0n) is 23.2. The summed E-state index contributed by atoms with van der Waals surface area (Å²) in [5, 5.41) is 14.0. The number of hydrogen-bond acceptors (Lipinski definition) is 3. The maximum Gasteiger partial charge on any atom is 0.143 e. The van der Waals surface area contributed by atoms with Gasteiger partial charge in [0.1, 0.15) is 11.2 Å². The fraction of sp³-hybridized carbons (Fsp3) is 0.0513. The first-order chi connectivity index (χ1) is 21.3. The molecule has 0 amide bonds. The number of benzene rings is 6. The molecule has 43 heavy (non-hydrogen) atoms. The number of aromatic nitrogens is 1. The maximum atomic E-state index is 9.57. The van der Waals surface area contributed by atoms with Crippen molar-refractivity contribution in [1.82, 2.24) is 4.57 Å². The molecule has 0 unspecified atom stereocenters. The lowest BCUT2D eigenvalue weighted by atomic mass is 9.92. The van der Waals surface area contributed by atoms with Crippen molar-refractivity contribution in [3.8, 4) is 34.0 Å². The van der Waals surface area contributed by atoms with Crippen molar-refractivity contribution >= 4 is 43.7 Å². The van der Waals surface area contributed by atoms with Crippen molar-refractivity contribution in [1.29, 1.82) is 5.26 Å². The van der Waals surface area contributed by atoms with Crippen molar-refractivity contribution < 1.29 is 9.15 Å². The molecule has 8 aromatic rings. The quantitative estimate of drug-likeness (QED) is 0.214. The Balaban J connectivity index is 1.26. The van der Waals surface area contributed by atoms with E-state index < -0.39 is 0 Å². The summed E-state index contributed by atoms with van der Waals surface area (Å²) in [4.78, 5) is 0. The number of para-hydroxylation sites is 3. The van der Waals surface area contributed by atoms with Gasteiger partial charge in [0.05, 0.1) is 35.9 Å². The minimum Gasteiger partial charge on any atom is -0.455 e. The molecule has 4 nitrogen and oxygen atoms in total. The first-order valence-electron chi connectivity index (χ1n) is 14.4. The summed E-state index contributed by atoms with van der Waals surface area (Å²) < 4.78 is 14.8. The van der Waals surface area contributed by atoms with Gasteiger partial charge in [-0.15, -0.1) is 0 Å². The van der Waals surface area contributed by atoms with Crippen LogP contribution in [0.2, 0.25) is 0 Å². The molecule has 0 saturated heterocycles. The molecule has 0 atom stereocenters. The molecular formula is C39H24N2O2. The van der Waals surface area contributed by atoms with Gasteiger partial charge in [-0.1, -0.05) is 72.8 Å². The highest BCUT2D eigenvalue weighted by atomic mass is 16.5. The van der Waals surface area contributed by atoms with Crippen LogP contribution < -0.4 is 0 Å². The highest BCUT2D eigenvalue weighted by molar-refractivity contribution is 6.10. The second-order valence-electron chi connectivity index (χ2n) is 11.2. The smallest absolute Gasteiger partial charge is 0.143 e. The van der Waals surface area contributed by atoms with Gasteiger partial charge in [-0.3, -0.25) is 0 Å². The van der Waals surface area contributed by atoms with E-state index in [0.717, 1.165) is 71.7 Å². The van der Waals surface area contributed by atoms with E-state index >= 15 is 0 Å². The van der Waals surface area contributed by atoms with Crippen molar-refractivity contribution in [2.45, 2.75) is 13.2 Å². The minimum atomic E-state index is 0.553. The first kappa shape index (κ1) is 24.0. The largest absolute Gasteiger partial charge is 0.455 e. The standard InChI is InChI=1S/C39H24N2O2/c40-21-24-12-17-37-35(18-24)30-6-1-3-10-36(30)41(37)28-16-15-27-23-42-22-26-14-13-25(19-33(26)34(27)20-28)29-8-5-9-32-31-7-2-4-11-38(31)43-39(29)32/h1-20H,22-23H2. The van der Waals surface area contributed by atoms with E-state index in [4.69, 9.17) is 9.15 Å². The van der Waals surface area contributed by atoms with Crippen LogP contribution in [-0.2, 0) is 18.0 Å². The molecule has 0 spiro atoms. The Morgan fingerprint density at radius 2 is 1.33 bits per heavy atom. The van der Waals surface area contributed by atoms with E-state index in [-0.39, 0.29) is 0 Å². The van der Waals surface area contributed by atoms with E-state index in [1.54, 1.807) is 0 Å². The Kier molecular flexibility index (Phi) is 5.13. The Labute approximate surface area is 247 Å². The Bertz CT molecular complexity index is 2450. The summed E-state index contributed by atoms with van der Waals surface area (Å²) in [6.07, 6.45) is 0. The number of fused-ring (bicyclic) bond motifs is 9. The molecule has 0 fully saturated rings. The van der Waals surface area contributed by atoms with Gasteiger partial charge in [0.25, 0.3) is 0 Å². The molecule has 3 heterocycles. The molecule has 202 valence electrons. The number of nitrogens with zero attached hydrogens (tertiary/aromatic N) is 2. The van der Waals surface area contributed by atoms with Gasteiger partial charge < -0.3 is 13.7 Å². The summed E-state index contributed by atoms with van der Waals surface area (Å²) in [7, 11) is 0. The van der Waals surface area contributed by atoms with Crippen LogP contribution in [0.15, 0.2) is 126 Å². The highest BCUT2D eigenvalue weighted by Gasteiger charge is 2.20. The molecule has 9 rings (SSSR count). The summed E-state index contributed by atoms with van der Waals surface area (Å²) in [6.45, 7) is 1.11. The zero-order chi connectivity index (χ0) is 28.5. The van der Waals surface area contributed by atoms with Crippen LogP contribution >= 0.6 is 0 Å². The van der Waals surface area contributed by atoms with Gasteiger partial charge in [-0.05, 0) is 76.3 Å². The van der Waals surface area contributed by atoms with Crippen LogP contribution in [0.4, 0.5) is 0 Å². The Morgan fingerprint density at radius 1 is 0.581 bits per heavy atom. The van der Waals surface area contributed by atoms with E-state index in [1.807, 2.05) is 24.3 Å². The third kappa shape index (κ3) is 3.59. The molecule has 2 aromatic heterocycles. The fourth-order valence-electron chi connectivity index (χ4n) is 6.77. The lowest BCUT2D eigenvalue weighted by Gasteiger charge is -2.15. The van der Waals surface area contributed by atoms with Gasteiger partial charge >= 0.3 is 0 Å². The van der Waals surface area contributed by atoms with Crippen LogP contribution in [0.3, 0.4) is 0 Å². The second-order valence-corrected chi connectivity index (χ2v) is 11.2. The zero-order valence-corrected chi connectivity index (χ0v) is 23.2. The lowest BCUT2D eigenvalue weighted by molar-refractivity contribution is 0.110. The van der Waals surface area contributed by atoms with Crippen molar-refractivity contribution in [2.24, 2.45) is 0 Å². The SMILES string of the molecule is N#Cc1ccc2c(c1)c1ccccc1n2-c1ccc2c(c1)-c1cc(-c3cccc4c3oc3ccccc34)ccc1COC2. The first-order valence-corrected chi connectivity index (χ1v) is 14.4. The summed E-state index contributed by atoms with van der Waals surface area (Å²) in [6, 6.07) is 44.6. The average Bonchev–Trinajstić information content (AvgIpc) is 3.54. The maximum absolute atomic E-state index is 9.57. The predicted molar refractivity (Wildman–Crippen MR) is 172 cm³/mol. The van der Waals surface area contributed by atoms with Crippen molar-refractivity contribution in [3.05, 3.63) is 138 Å². The third-order valence-corrected chi connectivity index (χ3v) is 8.78. The lowest BCUT2D eigenvalue weighted by Crippen LogP contribution is -1.97. The number of rotatable bonds is 2. The molecule has 0 aliphatic carbocycles. The van der Waals surface area contributed by atoms with Crippen molar-refractivity contribution in [3.63, 3.8) is 0 Å². The normalized spacial score (nSPS) is 12.8. The van der Waals surface area contributed by atoms with Crippen LogP contribution in [0.5, 0.6) is 0 Å². The van der Waals surface area contributed by atoms with E-state index in [1.165, 1.54) is 11.1 Å². The van der Waals surface area contributed by atoms with Crippen LogP contribution in [0.25, 0.3) is 71.7 Å². The molecule has 0 saturated carbocycles. The monoisotopic (exact) mass is 552 g/mol. The predicted octanol–water partition coefficient (Wildman–Crippen LogP) is 9.92. The Morgan fingerprint density at radius 3 is 2.21 bits per heavy atom. The number of ether oxygens (including phenoxy) is 1. The molecule has 0 N–H and O–H groups in total. The summed E-state index contributed by atoms with van der Waals surface area (Å²) >= 11 is 0. The topological polar surface area (TPSA) is 51.1 Å². The van der Waals surface area contributed by atoms with Gasteiger partial charge in [0, 0.05) is 32.8 Å². The fourth-order valence-corrected chi connectivity index (χ4v) is 6.77. The highest BCUT2D eigenvalue weighted by Crippen LogP contribution is 2.41. The van der Waals surface area contributed by atoms with Gasteiger partial charge in [0.2, 0.25) is 0 Å². The van der Waals surface area contributed by atoms with Gasteiger partial charge in [-0.2, -0.15) is 5.26 Å². The molecule has 1 aliphatic rings.